The van der Waals surface area contributed by atoms with Gasteiger partial charge in [0.25, 0.3) is 5.92 Å². The highest BCUT2D eigenvalue weighted by Gasteiger charge is 2.35. The monoisotopic (exact) mass is 445 g/mol. The first-order valence-corrected chi connectivity index (χ1v) is 10.8. The molecule has 2 N–H and O–H groups in total. The Kier molecular flexibility index (Phi) is 4.49. The molecule has 1 saturated heterocycles. The molecule has 1 aliphatic rings. The average Bonchev–Trinajstić information content (AvgIpc) is 3.48. The molecule has 0 atom stereocenters. The van der Waals surface area contributed by atoms with Gasteiger partial charge in [-0.25, -0.2) is 18.7 Å². The minimum absolute atomic E-state index is 0.0429. The quantitative estimate of drug-likeness (QED) is 0.395. The summed E-state index contributed by atoms with van der Waals surface area (Å²) in [5, 5.41) is 11.4. The van der Waals surface area contributed by atoms with E-state index in [9.17, 15) is 8.78 Å². The number of imidazole rings is 1. The highest BCUT2D eigenvalue weighted by Crippen LogP contribution is 2.31. The molecule has 9 heteroatoms. The van der Waals surface area contributed by atoms with E-state index in [1.54, 1.807) is 17.3 Å². The first-order valence-electron chi connectivity index (χ1n) is 10.8. The van der Waals surface area contributed by atoms with Crippen molar-refractivity contribution in [2.75, 3.05) is 23.3 Å². The highest BCUT2D eigenvalue weighted by atomic mass is 19.3. The van der Waals surface area contributed by atoms with Crippen molar-refractivity contribution in [3.05, 3.63) is 67.3 Å². The summed E-state index contributed by atoms with van der Waals surface area (Å²) in [6.45, 7) is 0.403. The molecule has 0 bridgehead atoms. The number of anilines is 3. The Balaban J connectivity index is 1.31. The molecule has 0 radical (unpaired) electrons. The standard InChI is InChI=1S/C24H21F2N7/c25-24(26)8-1-10-33(15-24)19-6-4-18(5-7-19)29-22-23-27-9-11-32(23)14-21(30-22)16-2-3-17-13-28-31-20(17)12-16/h2-7,9,11-14H,1,8,10,15H2,(H,28,31)(H,29,30). The summed E-state index contributed by atoms with van der Waals surface area (Å²) >= 11 is 0. The zero-order chi connectivity index (χ0) is 22.4. The second-order valence-electron chi connectivity index (χ2n) is 8.36. The van der Waals surface area contributed by atoms with Crippen LogP contribution in [-0.4, -0.2) is 43.6 Å². The summed E-state index contributed by atoms with van der Waals surface area (Å²) in [5.74, 6) is -2.02. The zero-order valence-corrected chi connectivity index (χ0v) is 17.7. The fraction of sp³-hybridized carbons (Fsp3) is 0.208. The normalized spacial score (nSPS) is 15.9. The predicted molar refractivity (Wildman–Crippen MR) is 124 cm³/mol. The lowest BCUT2D eigenvalue weighted by Gasteiger charge is -2.34. The molecule has 166 valence electrons. The number of halogens is 2. The van der Waals surface area contributed by atoms with Gasteiger partial charge in [-0.05, 0) is 36.8 Å². The number of fused-ring (bicyclic) bond motifs is 2. The van der Waals surface area contributed by atoms with E-state index in [-0.39, 0.29) is 13.0 Å². The third kappa shape index (κ3) is 3.75. The number of benzene rings is 2. The largest absolute Gasteiger partial charge is 0.365 e. The Morgan fingerprint density at radius 3 is 2.82 bits per heavy atom. The van der Waals surface area contributed by atoms with Crippen LogP contribution in [0.5, 0.6) is 0 Å². The summed E-state index contributed by atoms with van der Waals surface area (Å²) in [7, 11) is 0. The van der Waals surface area contributed by atoms with Gasteiger partial charge in [0.1, 0.15) is 0 Å². The van der Waals surface area contributed by atoms with Gasteiger partial charge in [-0.1, -0.05) is 12.1 Å². The molecule has 0 amide bonds. The van der Waals surface area contributed by atoms with Crippen LogP contribution >= 0.6 is 0 Å². The highest BCUT2D eigenvalue weighted by molar-refractivity contribution is 5.84. The smallest absolute Gasteiger partial charge is 0.265 e. The van der Waals surface area contributed by atoms with Crippen LogP contribution in [0.3, 0.4) is 0 Å². The lowest BCUT2D eigenvalue weighted by molar-refractivity contribution is -0.0116. The molecule has 0 spiro atoms. The SMILES string of the molecule is FC1(F)CCCN(c2ccc(Nc3nc(-c4ccc5cn[nH]c5c4)cn4ccnc34)cc2)C1. The first-order chi connectivity index (χ1) is 16.0. The maximum Gasteiger partial charge on any atom is 0.265 e. The number of nitrogens with one attached hydrogen (secondary N) is 2. The summed E-state index contributed by atoms with van der Waals surface area (Å²) in [6.07, 6.45) is 7.77. The predicted octanol–water partition coefficient (Wildman–Crippen LogP) is 5.25. The molecular weight excluding hydrogens is 424 g/mol. The van der Waals surface area contributed by atoms with Crippen LogP contribution in [0.2, 0.25) is 0 Å². The molecule has 6 rings (SSSR count). The Bertz CT molecular complexity index is 1440. The van der Waals surface area contributed by atoms with Gasteiger partial charge in [0.05, 0.1) is 24.0 Å². The topological polar surface area (TPSA) is 74.1 Å². The fourth-order valence-corrected chi connectivity index (χ4v) is 4.33. The fourth-order valence-electron chi connectivity index (χ4n) is 4.33. The number of piperidine rings is 1. The van der Waals surface area contributed by atoms with Gasteiger partial charge < -0.3 is 14.6 Å². The Morgan fingerprint density at radius 2 is 1.97 bits per heavy atom. The number of H-pyrrole nitrogens is 1. The number of hydrogen-bond donors (Lipinski definition) is 2. The van der Waals surface area contributed by atoms with Crippen LogP contribution in [0.15, 0.2) is 67.3 Å². The van der Waals surface area contributed by atoms with Gasteiger partial charge in [-0.2, -0.15) is 5.10 Å². The van der Waals surface area contributed by atoms with Gasteiger partial charge in [-0.15, -0.1) is 0 Å². The molecule has 1 aliphatic heterocycles. The molecule has 3 aromatic heterocycles. The summed E-state index contributed by atoms with van der Waals surface area (Å²) in [4.78, 5) is 11.0. The molecule has 0 unspecified atom stereocenters. The van der Waals surface area contributed by atoms with Crippen LogP contribution in [0.1, 0.15) is 12.8 Å². The van der Waals surface area contributed by atoms with Crippen molar-refractivity contribution in [1.29, 1.82) is 0 Å². The molecule has 2 aromatic carbocycles. The van der Waals surface area contributed by atoms with Crippen molar-refractivity contribution in [3.8, 4) is 11.3 Å². The second-order valence-corrected chi connectivity index (χ2v) is 8.36. The minimum Gasteiger partial charge on any atom is -0.365 e. The van der Waals surface area contributed by atoms with E-state index in [2.05, 4.69) is 20.5 Å². The average molecular weight is 445 g/mol. The maximum absolute atomic E-state index is 13.8. The summed E-state index contributed by atoms with van der Waals surface area (Å²) < 4.78 is 29.5. The van der Waals surface area contributed by atoms with Crippen LogP contribution in [0.4, 0.5) is 26.0 Å². The number of rotatable bonds is 4. The van der Waals surface area contributed by atoms with Crippen LogP contribution in [0, 0.1) is 0 Å². The van der Waals surface area contributed by atoms with Crippen LogP contribution in [-0.2, 0) is 0 Å². The third-order valence-corrected chi connectivity index (χ3v) is 6.00. The molecule has 33 heavy (non-hydrogen) atoms. The van der Waals surface area contributed by atoms with E-state index in [1.807, 2.05) is 59.3 Å². The van der Waals surface area contributed by atoms with E-state index in [1.165, 1.54) is 0 Å². The molecule has 0 aliphatic carbocycles. The summed E-state index contributed by atoms with van der Waals surface area (Å²) in [5.41, 5.74) is 4.97. The summed E-state index contributed by atoms with van der Waals surface area (Å²) in [6, 6.07) is 13.5. The van der Waals surface area contributed by atoms with E-state index in [0.29, 0.717) is 24.4 Å². The molecule has 0 saturated carbocycles. The number of alkyl halides is 2. The van der Waals surface area contributed by atoms with Crippen molar-refractivity contribution in [1.82, 2.24) is 24.6 Å². The Morgan fingerprint density at radius 1 is 1.09 bits per heavy atom. The van der Waals surface area contributed by atoms with Crippen LogP contribution in [0.25, 0.3) is 27.8 Å². The van der Waals surface area contributed by atoms with Gasteiger partial charge in [0, 0.05) is 53.9 Å². The van der Waals surface area contributed by atoms with Gasteiger partial charge in [-0.3, -0.25) is 5.10 Å². The van der Waals surface area contributed by atoms with Crippen molar-refractivity contribution < 1.29 is 8.78 Å². The van der Waals surface area contributed by atoms with Gasteiger partial charge >= 0.3 is 0 Å². The van der Waals surface area contributed by atoms with E-state index < -0.39 is 5.92 Å². The molecule has 5 aromatic rings. The first kappa shape index (κ1) is 19.7. The number of nitrogens with zero attached hydrogens (tertiary/aromatic N) is 5. The van der Waals surface area contributed by atoms with Crippen molar-refractivity contribution in [3.63, 3.8) is 0 Å². The second kappa shape index (κ2) is 7.54. The van der Waals surface area contributed by atoms with Crippen molar-refractivity contribution >= 4 is 33.7 Å². The minimum atomic E-state index is -2.63. The maximum atomic E-state index is 13.8. The van der Waals surface area contributed by atoms with Gasteiger partial charge in [0.2, 0.25) is 0 Å². The van der Waals surface area contributed by atoms with Crippen molar-refractivity contribution in [2.45, 2.75) is 18.8 Å². The number of aromatic amines is 1. The van der Waals surface area contributed by atoms with E-state index in [0.717, 1.165) is 33.5 Å². The van der Waals surface area contributed by atoms with Crippen molar-refractivity contribution in [2.24, 2.45) is 0 Å². The molecule has 1 fully saturated rings. The number of aromatic nitrogens is 5. The molecule has 4 heterocycles. The lowest BCUT2D eigenvalue weighted by atomic mass is 10.1. The van der Waals surface area contributed by atoms with E-state index in [4.69, 9.17) is 4.98 Å². The third-order valence-electron chi connectivity index (χ3n) is 6.00. The Hall–Kier alpha value is -4.01. The zero-order valence-electron chi connectivity index (χ0n) is 17.7. The van der Waals surface area contributed by atoms with Crippen LogP contribution < -0.4 is 10.2 Å². The molecule has 7 nitrogen and oxygen atoms in total. The lowest BCUT2D eigenvalue weighted by Crippen LogP contribution is -2.42. The molecular formula is C24H21F2N7. The number of hydrogen-bond acceptors (Lipinski definition) is 5. The van der Waals surface area contributed by atoms with Gasteiger partial charge in [0.15, 0.2) is 11.5 Å². The Labute approximate surface area is 188 Å². The van der Waals surface area contributed by atoms with E-state index >= 15 is 0 Å².